The number of allylic oxidation sites excluding steroid dienone is 2. The van der Waals surface area contributed by atoms with Crippen LogP contribution in [0.4, 0.5) is 0 Å². The first-order chi connectivity index (χ1) is 12.2. The van der Waals surface area contributed by atoms with E-state index in [1.807, 2.05) is 0 Å². The van der Waals surface area contributed by atoms with Crippen LogP contribution in [0.3, 0.4) is 0 Å². The Morgan fingerprint density at radius 1 is 1.42 bits per heavy atom. The molecule has 6 nitrogen and oxygen atoms in total. The normalized spacial score (nSPS) is 35.9. The van der Waals surface area contributed by atoms with E-state index >= 15 is 0 Å². The lowest BCUT2D eigenvalue weighted by atomic mass is 9.82. The van der Waals surface area contributed by atoms with Gasteiger partial charge in [0.1, 0.15) is 18.0 Å². The number of esters is 2. The van der Waals surface area contributed by atoms with Gasteiger partial charge in [-0.1, -0.05) is 12.7 Å². The van der Waals surface area contributed by atoms with Gasteiger partial charge in [-0.25, -0.2) is 9.59 Å². The largest absolute Gasteiger partial charge is 0.479 e. The van der Waals surface area contributed by atoms with Crippen molar-refractivity contribution in [3.05, 3.63) is 47.3 Å². The summed E-state index contributed by atoms with van der Waals surface area (Å²) in [6, 6.07) is 0. The van der Waals surface area contributed by atoms with Crippen molar-refractivity contribution in [2.24, 2.45) is 5.92 Å². The van der Waals surface area contributed by atoms with Crippen LogP contribution in [0, 0.1) is 5.92 Å². The zero-order chi connectivity index (χ0) is 19.2. The van der Waals surface area contributed by atoms with Gasteiger partial charge < -0.3 is 14.2 Å². The topological polar surface area (TPSA) is 78.9 Å². The third-order valence-electron chi connectivity index (χ3n) is 5.19. The number of hydrogen-bond donors (Lipinski definition) is 0. The van der Waals surface area contributed by atoms with Crippen LogP contribution in [-0.4, -0.2) is 35.5 Å². The highest BCUT2D eigenvalue weighted by Gasteiger charge is 2.51. The smallest absolute Gasteiger partial charge is 0.334 e. The summed E-state index contributed by atoms with van der Waals surface area (Å²) in [6.07, 6.45) is 3.50. The van der Waals surface area contributed by atoms with Gasteiger partial charge in [-0.2, -0.15) is 0 Å². The van der Waals surface area contributed by atoms with Gasteiger partial charge in [-0.3, -0.25) is 4.79 Å². The molecular formula is C20H22O6. The minimum atomic E-state index is -1.17. The third-order valence-corrected chi connectivity index (χ3v) is 5.19. The summed E-state index contributed by atoms with van der Waals surface area (Å²) < 4.78 is 17.0. The van der Waals surface area contributed by atoms with Gasteiger partial charge >= 0.3 is 11.9 Å². The average molecular weight is 358 g/mol. The standard InChI is InChI=1S/C20H22O6/c1-6-10(2)18(22)25-15-9-20(5)16(21)8-13(26-20)11(3)7-14-17(15)12(4)19(23)24-14/h6-8,14-15,17H,4,9H2,1-3,5H3/b10-6+,11-7-/t14-,15+,17-,20-/m0/s1. The van der Waals surface area contributed by atoms with E-state index in [9.17, 15) is 14.4 Å². The first-order valence-corrected chi connectivity index (χ1v) is 8.54. The second-order valence-electron chi connectivity index (χ2n) is 7.10. The molecule has 0 aromatic rings. The van der Waals surface area contributed by atoms with Crippen molar-refractivity contribution in [1.82, 2.24) is 0 Å². The van der Waals surface area contributed by atoms with Crippen molar-refractivity contribution in [3.63, 3.8) is 0 Å². The summed E-state index contributed by atoms with van der Waals surface area (Å²) in [4.78, 5) is 36.9. The third kappa shape index (κ3) is 2.89. The van der Waals surface area contributed by atoms with E-state index in [0.717, 1.165) is 0 Å². The SMILES string of the molecule is C=C1C(=O)O[C@H]2/C=C(/C)C3=CC(=O)[C@](C)(C[C@@H](OC(=O)/C(C)=C/C)[C@@H]12)O3. The van der Waals surface area contributed by atoms with Crippen molar-refractivity contribution in [2.45, 2.75) is 51.9 Å². The Kier molecular flexibility index (Phi) is 4.38. The van der Waals surface area contributed by atoms with Crippen molar-refractivity contribution >= 4 is 17.7 Å². The Bertz CT molecular complexity index is 799. The molecule has 0 aliphatic carbocycles. The summed E-state index contributed by atoms with van der Waals surface area (Å²) in [5.41, 5.74) is 0.195. The quantitative estimate of drug-likeness (QED) is 0.558. The lowest BCUT2D eigenvalue weighted by Gasteiger charge is -2.31. The number of rotatable bonds is 2. The van der Waals surface area contributed by atoms with Gasteiger partial charge in [0, 0.05) is 23.6 Å². The van der Waals surface area contributed by atoms with Crippen molar-refractivity contribution < 1.29 is 28.6 Å². The fourth-order valence-electron chi connectivity index (χ4n) is 3.41. The molecule has 3 heterocycles. The number of fused-ring (bicyclic) bond motifs is 3. The molecule has 0 spiro atoms. The maximum atomic E-state index is 12.5. The maximum absolute atomic E-state index is 12.5. The summed E-state index contributed by atoms with van der Waals surface area (Å²) >= 11 is 0. The molecular weight excluding hydrogens is 336 g/mol. The van der Waals surface area contributed by atoms with E-state index in [2.05, 4.69) is 6.58 Å². The van der Waals surface area contributed by atoms with Crippen LogP contribution in [0.15, 0.2) is 47.3 Å². The van der Waals surface area contributed by atoms with E-state index in [1.165, 1.54) is 6.08 Å². The Balaban J connectivity index is 2.05. The molecule has 4 atom stereocenters. The fourth-order valence-corrected chi connectivity index (χ4v) is 3.41. The van der Waals surface area contributed by atoms with Crippen LogP contribution < -0.4 is 0 Å². The van der Waals surface area contributed by atoms with Gasteiger partial charge in [0.25, 0.3) is 0 Å². The number of carbonyl (C=O) groups excluding carboxylic acids is 3. The lowest BCUT2D eigenvalue weighted by molar-refractivity contribution is -0.153. The van der Waals surface area contributed by atoms with Crippen molar-refractivity contribution in [1.29, 1.82) is 0 Å². The first-order valence-electron chi connectivity index (χ1n) is 8.54. The minimum absolute atomic E-state index is 0.104. The number of carbonyl (C=O) groups is 3. The predicted molar refractivity (Wildman–Crippen MR) is 92.8 cm³/mol. The predicted octanol–water partition coefficient (Wildman–Crippen LogP) is 2.55. The molecule has 0 saturated carbocycles. The van der Waals surface area contributed by atoms with E-state index in [1.54, 1.807) is 39.8 Å². The van der Waals surface area contributed by atoms with Crippen LogP contribution in [-0.2, 0) is 28.6 Å². The Morgan fingerprint density at radius 3 is 2.77 bits per heavy atom. The highest BCUT2D eigenvalue weighted by molar-refractivity contribution is 6.00. The molecule has 1 fully saturated rings. The van der Waals surface area contributed by atoms with Gasteiger partial charge in [-0.05, 0) is 39.3 Å². The molecule has 3 aliphatic rings. The Morgan fingerprint density at radius 2 is 2.12 bits per heavy atom. The molecule has 0 unspecified atom stereocenters. The zero-order valence-corrected chi connectivity index (χ0v) is 15.3. The number of ketones is 1. The number of ether oxygens (including phenoxy) is 3. The van der Waals surface area contributed by atoms with E-state index < -0.39 is 35.7 Å². The summed E-state index contributed by atoms with van der Waals surface area (Å²) in [5, 5.41) is 0. The first kappa shape index (κ1) is 18.2. The zero-order valence-electron chi connectivity index (χ0n) is 15.3. The molecule has 0 aromatic heterocycles. The minimum Gasteiger partial charge on any atom is -0.479 e. The molecule has 0 amide bonds. The van der Waals surface area contributed by atoms with E-state index in [0.29, 0.717) is 16.9 Å². The van der Waals surface area contributed by atoms with Crippen LogP contribution in [0.5, 0.6) is 0 Å². The highest BCUT2D eigenvalue weighted by atomic mass is 16.6. The van der Waals surface area contributed by atoms with Gasteiger partial charge in [0.05, 0.1) is 5.92 Å². The molecule has 0 N–H and O–H groups in total. The molecule has 1 saturated heterocycles. The monoisotopic (exact) mass is 358 g/mol. The Hall–Kier alpha value is -2.63. The number of hydrogen-bond acceptors (Lipinski definition) is 6. The maximum Gasteiger partial charge on any atom is 0.334 e. The molecule has 6 heteroatoms. The van der Waals surface area contributed by atoms with Gasteiger partial charge in [0.2, 0.25) is 5.78 Å². The fraction of sp³-hybridized carbons (Fsp3) is 0.450. The van der Waals surface area contributed by atoms with E-state index in [4.69, 9.17) is 14.2 Å². The summed E-state index contributed by atoms with van der Waals surface area (Å²) in [5.74, 6) is -1.35. The second-order valence-corrected chi connectivity index (χ2v) is 7.10. The van der Waals surface area contributed by atoms with Crippen LogP contribution in [0.2, 0.25) is 0 Å². The summed E-state index contributed by atoms with van der Waals surface area (Å²) in [7, 11) is 0. The molecule has 3 rings (SSSR count). The summed E-state index contributed by atoms with van der Waals surface area (Å²) in [6.45, 7) is 10.6. The molecule has 138 valence electrons. The lowest BCUT2D eigenvalue weighted by Crippen LogP contribution is -2.42. The van der Waals surface area contributed by atoms with Crippen LogP contribution in [0.25, 0.3) is 0 Å². The van der Waals surface area contributed by atoms with Crippen molar-refractivity contribution in [3.8, 4) is 0 Å². The van der Waals surface area contributed by atoms with Crippen molar-refractivity contribution in [2.75, 3.05) is 0 Å². The van der Waals surface area contributed by atoms with Gasteiger partial charge in [-0.15, -0.1) is 0 Å². The average Bonchev–Trinajstić information content (AvgIpc) is 3.03. The van der Waals surface area contributed by atoms with Crippen LogP contribution >= 0.6 is 0 Å². The molecule has 0 radical (unpaired) electrons. The second kappa shape index (κ2) is 6.27. The van der Waals surface area contributed by atoms with E-state index in [-0.39, 0.29) is 17.8 Å². The van der Waals surface area contributed by atoms with Gasteiger partial charge in [0.15, 0.2) is 5.60 Å². The van der Waals surface area contributed by atoms with Crippen LogP contribution in [0.1, 0.15) is 34.1 Å². The molecule has 3 aliphatic heterocycles. The molecule has 0 aromatic carbocycles. The Labute approximate surface area is 152 Å². The molecule has 2 bridgehead atoms. The highest BCUT2D eigenvalue weighted by Crippen LogP contribution is 2.42. The molecule has 26 heavy (non-hydrogen) atoms.